The lowest BCUT2D eigenvalue weighted by Crippen LogP contribution is -2.23. The topological polar surface area (TPSA) is 29.3 Å². The summed E-state index contributed by atoms with van der Waals surface area (Å²) in [7, 11) is 2.09. The summed E-state index contributed by atoms with van der Waals surface area (Å²) >= 11 is 6.18. The van der Waals surface area contributed by atoms with Gasteiger partial charge in [-0.15, -0.1) is 0 Å². The molecule has 2 N–H and O–H groups in total. The summed E-state index contributed by atoms with van der Waals surface area (Å²) in [6, 6.07) is 16.2. The van der Waals surface area contributed by atoms with Crippen LogP contribution < -0.4 is 10.6 Å². The van der Waals surface area contributed by atoms with Gasteiger partial charge in [-0.25, -0.2) is 0 Å². The van der Waals surface area contributed by atoms with E-state index in [-0.39, 0.29) is 6.04 Å². The summed E-state index contributed by atoms with van der Waals surface area (Å²) in [6.07, 6.45) is 0.869. The van der Waals surface area contributed by atoms with Crippen molar-refractivity contribution in [3.63, 3.8) is 0 Å². The largest absolute Gasteiger partial charge is 0.375 e. The number of nitrogens with zero attached hydrogens (tertiary/aromatic N) is 1. The maximum atomic E-state index is 6.24. The van der Waals surface area contributed by atoms with E-state index in [1.165, 1.54) is 11.3 Å². The molecule has 20 heavy (non-hydrogen) atoms. The molecule has 0 spiro atoms. The molecule has 0 saturated heterocycles. The molecular formula is C17H21ClN2. The van der Waals surface area contributed by atoms with E-state index in [2.05, 4.69) is 43.1 Å². The maximum absolute atomic E-state index is 6.24. The van der Waals surface area contributed by atoms with E-state index in [0.717, 1.165) is 23.6 Å². The Balaban J connectivity index is 1.97. The highest BCUT2D eigenvalue weighted by Gasteiger charge is 2.11. The van der Waals surface area contributed by atoms with Crippen molar-refractivity contribution in [2.24, 2.45) is 5.73 Å². The number of hydrogen-bond donors (Lipinski definition) is 1. The van der Waals surface area contributed by atoms with Crippen LogP contribution in [0.4, 0.5) is 5.69 Å². The highest BCUT2D eigenvalue weighted by Crippen LogP contribution is 2.24. The minimum absolute atomic E-state index is 0.0315. The molecule has 0 aromatic heterocycles. The molecule has 106 valence electrons. The van der Waals surface area contributed by atoms with E-state index >= 15 is 0 Å². The average molecular weight is 289 g/mol. The number of aryl methyl sites for hydroxylation is 1. The van der Waals surface area contributed by atoms with Crippen LogP contribution >= 0.6 is 11.6 Å². The summed E-state index contributed by atoms with van der Waals surface area (Å²) in [5, 5.41) is 0.748. The third-order valence-corrected chi connectivity index (χ3v) is 3.87. The van der Waals surface area contributed by atoms with Crippen molar-refractivity contribution < 1.29 is 0 Å². The molecule has 3 heteroatoms. The van der Waals surface area contributed by atoms with Gasteiger partial charge in [0.05, 0.1) is 0 Å². The first kappa shape index (κ1) is 14.9. The van der Waals surface area contributed by atoms with Crippen LogP contribution in [-0.4, -0.2) is 13.6 Å². The van der Waals surface area contributed by atoms with Gasteiger partial charge in [-0.3, -0.25) is 0 Å². The third-order valence-electron chi connectivity index (χ3n) is 3.52. The van der Waals surface area contributed by atoms with Gasteiger partial charge in [-0.05, 0) is 42.7 Å². The van der Waals surface area contributed by atoms with Gasteiger partial charge >= 0.3 is 0 Å². The molecule has 0 heterocycles. The van der Waals surface area contributed by atoms with E-state index < -0.39 is 0 Å². The SMILES string of the molecule is Cc1cccc(N(C)CCC(N)c2ccccc2Cl)c1. The summed E-state index contributed by atoms with van der Waals surface area (Å²) in [5.41, 5.74) is 9.75. The Morgan fingerprint density at radius 1 is 1.15 bits per heavy atom. The number of rotatable bonds is 5. The molecule has 2 rings (SSSR count). The molecule has 0 aliphatic heterocycles. The smallest absolute Gasteiger partial charge is 0.0453 e. The Kier molecular flexibility index (Phi) is 5.05. The molecule has 0 aliphatic rings. The van der Waals surface area contributed by atoms with Crippen molar-refractivity contribution in [1.29, 1.82) is 0 Å². The zero-order chi connectivity index (χ0) is 14.5. The molecule has 2 aromatic rings. The average Bonchev–Trinajstić information content (AvgIpc) is 2.45. The van der Waals surface area contributed by atoms with Gasteiger partial charge in [0.25, 0.3) is 0 Å². The van der Waals surface area contributed by atoms with Gasteiger partial charge in [-0.1, -0.05) is 41.9 Å². The first-order valence-electron chi connectivity index (χ1n) is 6.86. The van der Waals surface area contributed by atoms with Crippen molar-refractivity contribution in [1.82, 2.24) is 0 Å². The van der Waals surface area contributed by atoms with Crippen LogP contribution in [0, 0.1) is 6.92 Å². The van der Waals surface area contributed by atoms with Crippen LogP contribution in [0.2, 0.25) is 5.02 Å². The number of benzene rings is 2. The fraction of sp³-hybridized carbons (Fsp3) is 0.294. The van der Waals surface area contributed by atoms with Gasteiger partial charge in [0.15, 0.2) is 0 Å². The molecule has 1 atom stereocenters. The van der Waals surface area contributed by atoms with Gasteiger partial charge < -0.3 is 10.6 Å². The fourth-order valence-corrected chi connectivity index (χ4v) is 2.53. The molecule has 0 aliphatic carbocycles. The number of nitrogens with two attached hydrogens (primary N) is 1. The first-order chi connectivity index (χ1) is 9.58. The molecule has 0 amide bonds. The lowest BCUT2D eigenvalue weighted by Gasteiger charge is -2.22. The quantitative estimate of drug-likeness (QED) is 0.894. The monoisotopic (exact) mass is 288 g/mol. The predicted molar refractivity (Wildman–Crippen MR) is 87.4 cm³/mol. The highest BCUT2D eigenvalue weighted by atomic mass is 35.5. The van der Waals surface area contributed by atoms with E-state index in [4.69, 9.17) is 17.3 Å². The summed E-state index contributed by atoms with van der Waals surface area (Å²) in [4.78, 5) is 2.23. The van der Waals surface area contributed by atoms with Gasteiger partial charge in [0.1, 0.15) is 0 Å². The zero-order valence-corrected chi connectivity index (χ0v) is 12.8. The van der Waals surface area contributed by atoms with E-state index in [9.17, 15) is 0 Å². The van der Waals surface area contributed by atoms with Crippen LogP contribution in [0.25, 0.3) is 0 Å². The highest BCUT2D eigenvalue weighted by molar-refractivity contribution is 6.31. The van der Waals surface area contributed by atoms with Gasteiger partial charge in [0.2, 0.25) is 0 Å². The van der Waals surface area contributed by atoms with Crippen LogP contribution in [0.15, 0.2) is 48.5 Å². The Morgan fingerprint density at radius 3 is 2.60 bits per heavy atom. The minimum atomic E-state index is -0.0315. The molecule has 2 nitrogen and oxygen atoms in total. The Bertz CT molecular complexity index is 568. The second kappa shape index (κ2) is 6.78. The van der Waals surface area contributed by atoms with Crippen LogP contribution in [0.3, 0.4) is 0 Å². The van der Waals surface area contributed by atoms with Gasteiger partial charge in [-0.2, -0.15) is 0 Å². The van der Waals surface area contributed by atoms with E-state index in [1.54, 1.807) is 0 Å². The fourth-order valence-electron chi connectivity index (χ4n) is 2.26. The summed E-state index contributed by atoms with van der Waals surface area (Å²) in [6.45, 7) is 3.00. The lowest BCUT2D eigenvalue weighted by molar-refractivity contribution is 0.646. The normalized spacial score (nSPS) is 12.2. The molecule has 1 unspecified atom stereocenters. The second-order valence-electron chi connectivity index (χ2n) is 5.18. The molecule has 2 aromatic carbocycles. The summed E-state index contributed by atoms with van der Waals surface area (Å²) in [5.74, 6) is 0. The van der Waals surface area contributed by atoms with Crippen molar-refractivity contribution in [2.75, 3.05) is 18.5 Å². The predicted octanol–water partition coefficient (Wildman–Crippen LogP) is 4.17. The maximum Gasteiger partial charge on any atom is 0.0453 e. The lowest BCUT2D eigenvalue weighted by atomic mass is 10.0. The van der Waals surface area contributed by atoms with Crippen molar-refractivity contribution in [2.45, 2.75) is 19.4 Å². The Hall–Kier alpha value is -1.51. The van der Waals surface area contributed by atoms with E-state index in [0.29, 0.717) is 0 Å². The third kappa shape index (κ3) is 3.75. The molecule has 0 radical (unpaired) electrons. The number of hydrogen-bond acceptors (Lipinski definition) is 2. The molecule has 0 saturated carbocycles. The van der Waals surface area contributed by atoms with Crippen LogP contribution in [-0.2, 0) is 0 Å². The van der Waals surface area contributed by atoms with Gasteiger partial charge in [0, 0.05) is 30.3 Å². The minimum Gasteiger partial charge on any atom is -0.375 e. The van der Waals surface area contributed by atoms with Crippen molar-refractivity contribution in [3.05, 3.63) is 64.7 Å². The standard InChI is InChI=1S/C17H21ClN2/c1-13-6-5-7-14(12-13)20(2)11-10-17(19)15-8-3-4-9-16(15)18/h3-9,12,17H,10-11,19H2,1-2H3. The molecule has 0 bridgehead atoms. The first-order valence-corrected chi connectivity index (χ1v) is 7.23. The van der Waals surface area contributed by atoms with Crippen molar-refractivity contribution in [3.8, 4) is 0 Å². The molecule has 0 fully saturated rings. The summed E-state index contributed by atoms with van der Waals surface area (Å²) < 4.78 is 0. The van der Waals surface area contributed by atoms with Crippen LogP contribution in [0.5, 0.6) is 0 Å². The Labute approximate surface area is 126 Å². The van der Waals surface area contributed by atoms with Crippen molar-refractivity contribution >= 4 is 17.3 Å². The number of anilines is 1. The second-order valence-corrected chi connectivity index (χ2v) is 5.58. The van der Waals surface area contributed by atoms with E-state index in [1.807, 2.05) is 24.3 Å². The Morgan fingerprint density at radius 2 is 1.90 bits per heavy atom. The van der Waals surface area contributed by atoms with Crippen LogP contribution in [0.1, 0.15) is 23.6 Å². The number of halogens is 1. The zero-order valence-electron chi connectivity index (χ0n) is 12.0. The molecular weight excluding hydrogens is 268 g/mol.